The van der Waals surface area contributed by atoms with Crippen LogP contribution in [0.5, 0.6) is 0 Å². The van der Waals surface area contributed by atoms with Crippen LogP contribution in [0.1, 0.15) is 25.7 Å². The lowest BCUT2D eigenvalue weighted by Gasteiger charge is -2.36. The van der Waals surface area contributed by atoms with Crippen LogP contribution in [0.4, 0.5) is 8.78 Å². The summed E-state index contributed by atoms with van der Waals surface area (Å²) < 4.78 is 31.3. The summed E-state index contributed by atoms with van der Waals surface area (Å²) in [6.07, 6.45) is -0.221. The summed E-state index contributed by atoms with van der Waals surface area (Å²) in [6.45, 7) is 1.14. The molecule has 6 heteroatoms. The number of amides is 1. The van der Waals surface area contributed by atoms with Crippen LogP contribution in [-0.4, -0.2) is 54.2 Å². The van der Waals surface area contributed by atoms with Crippen molar-refractivity contribution in [2.75, 3.05) is 26.3 Å². The Balaban J connectivity index is 1.87. The van der Waals surface area contributed by atoms with E-state index in [1.165, 1.54) is 0 Å². The summed E-state index contributed by atoms with van der Waals surface area (Å²) in [5.41, 5.74) is 0. The lowest BCUT2D eigenvalue weighted by Crippen LogP contribution is -2.49. The molecule has 1 heterocycles. The largest absolute Gasteiger partial charge is 0.394 e. The van der Waals surface area contributed by atoms with Crippen LogP contribution < -0.4 is 0 Å². The van der Waals surface area contributed by atoms with E-state index in [-0.39, 0.29) is 50.2 Å². The molecule has 1 atom stereocenters. The van der Waals surface area contributed by atoms with Gasteiger partial charge in [0.05, 0.1) is 19.3 Å². The molecular formula is C12H19F2NO3. The van der Waals surface area contributed by atoms with Crippen molar-refractivity contribution in [3.05, 3.63) is 0 Å². The van der Waals surface area contributed by atoms with Crippen molar-refractivity contribution in [3.63, 3.8) is 0 Å². The average Bonchev–Trinajstić information content (AvgIpc) is 2.38. The molecule has 0 spiro atoms. The van der Waals surface area contributed by atoms with Crippen LogP contribution in [0.3, 0.4) is 0 Å². The third-order valence-corrected chi connectivity index (χ3v) is 3.72. The van der Waals surface area contributed by atoms with E-state index in [4.69, 9.17) is 9.84 Å². The van der Waals surface area contributed by atoms with E-state index in [2.05, 4.69) is 0 Å². The lowest BCUT2D eigenvalue weighted by atomic mass is 9.86. The van der Waals surface area contributed by atoms with E-state index < -0.39 is 5.92 Å². The third-order valence-electron chi connectivity index (χ3n) is 3.72. The molecule has 4 nitrogen and oxygen atoms in total. The van der Waals surface area contributed by atoms with Gasteiger partial charge in [-0.15, -0.1) is 0 Å². The number of rotatable bonds is 2. The topological polar surface area (TPSA) is 49.8 Å². The second kappa shape index (κ2) is 5.48. The summed E-state index contributed by atoms with van der Waals surface area (Å²) in [5, 5.41) is 9.01. The SMILES string of the molecule is O=C(C1CCC(F)(F)CC1)N1CCOC(CO)C1. The van der Waals surface area contributed by atoms with Crippen LogP contribution in [0, 0.1) is 5.92 Å². The number of alkyl halides is 2. The number of hydrogen-bond donors (Lipinski definition) is 1. The second-order valence-electron chi connectivity index (χ2n) is 5.09. The van der Waals surface area contributed by atoms with E-state index in [1.54, 1.807) is 4.90 Å². The highest BCUT2D eigenvalue weighted by Gasteiger charge is 2.39. The number of hydrogen-bond acceptors (Lipinski definition) is 3. The molecule has 18 heavy (non-hydrogen) atoms. The summed E-state index contributed by atoms with van der Waals surface area (Å²) in [5.74, 6) is -2.95. The quantitative estimate of drug-likeness (QED) is 0.809. The molecule has 0 bridgehead atoms. The molecule has 2 aliphatic rings. The van der Waals surface area contributed by atoms with Gasteiger partial charge in [-0.25, -0.2) is 8.78 Å². The van der Waals surface area contributed by atoms with Crippen molar-refractivity contribution in [2.45, 2.75) is 37.7 Å². The van der Waals surface area contributed by atoms with E-state index in [0.29, 0.717) is 19.7 Å². The molecule has 0 aromatic carbocycles. The number of carbonyl (C=O) groups is 1. The Morgan fingerprint density at radius 1 is 1.39 bits per heavy atom. The van der Waals surface area contributed by atoms with Gasteiger partial charge in [0.1, 0.15) is 0 Å². The maximum atomic E-state index is 13.0. The van der Waals surface area contributed by atoms with Crippen LogP contribution >= 0.6 is 0 Å². The highest BCUT2D eigenvalue weighted by atomic mass is 19.3. The predicted octanol–water partition coefficient (Wildman–Crippen LogP) is 1.03. The number of aliphatic hydroxyl groups is 1. The molecule has 0 aromatic heterocycles. The average molecular weight is 263 g/mol. The molecule has 1 N–H and O–H groups in total. The summed E-state index contributed by atoms with van der Waals surface area (Å²) in [7, 11) is 0. The molecule has 104 valence electrons. The zero-order valence-electron chi connectivity index (χ0n) is 10.3. The van der Waals surface area contributed by atoms with Crippen LogP contribution in [0.15, 0.2) is 0 Å². The summed E-state index contributed by atoms with van der Waals surface area (Å²) in [6, 6.07) is 0. The van der Waals surface area contributed by atoms with Crippen molar-refractivity contribution < 1.29 is 23.4 Å². The van der Waals surface area contributed by atoms with Gasteiger partial charge in [0.25, 0.3) is 0 Å². The fourth-order valence-electron chi connectivity index (χ4n) is 2.58. The Hall–Kier alpha value is -0.750. The summed E-state index contributed by atoms with van der Waals surface area (Å²) >= 11 is 0. The van der Waals surface area contributed by atoms with Crippen molar-refractivity contribution in [1.82, 2.24) is 4.90 Å². The molecule has 1 amide bonds. The Kier molecular flexibility index (Phi) is 4.17. The maximum absolute atomic E-state index is 13.0. The van der Waals surface area contributed by atoms with Crippen LogP contribution in [0.25, 0.3) is 0 Å². The minimum Gasteiger partial charge on any atom is -0.394 e. The van der Waals surface area contributed by atoms with Gasteiger partial charge in [0.2, 0.25) is 11.8 Å². The molecule has 2 fully saturated rings. The minimum atomic E-state index is -2.60. The molecule has 1 aliphatic heterocycles. The molecular weight excluding hydrogens is 244 g/mol. The molecule has 1 aliphatic carbocycles. The second-order valence-corrected chi connectivity index (χ2v) is 5.09. The highest BCUT2D eigenvalue weighted by Crippen LogP contribution is 2.36. The fourth-order valence-corrected chi connectivity index (χ4v) is 2.58. The first kappa shape index (κ1) is 13.7. The fraction of sp³-hybridized carbons (Fsp3) is 0.917. The highest BCUT2D eigenvalue weighted by molar-refractivity contribution is 5.79. The number of halogens is 2. The predicted molar refractivity (Wildman–Crippen MR) is 60.3 cm³/mol. The molecule has 0 radical (unpaired) electrons. The van der Waals surface area contributed by atoms with Gasteiger partial charge in [-0.1, -0.05) is 0 Å². The molecule has 0 aromatic rings. The van der Waals surface area contributed by atoms with Crippen molar-refractivity contribution in [2.24, 2.45) is 5.92 Å². The number of morpholine rings is 1. The van der Waals surface area contributed by atoms with Gasteiger partial charge in [-0.2, -0.15) is 0 Å². The normalized spacial score (nSPS) is 29.3. The standard InChI is InChI=1S/C12H19F2NO3/c13-12(14)3-1-9(2-4-12)11(17)15-5-6-18-10(7-15)8-16/h9-10,16H,1-8H2. The van der Waals surface area contributed by atoms with Gasteiger partial charge in [-0.05, 0) is 12.8 Å². The molecule has 1 unspecified atom stereocenters. The van der Waals surface area contributed by atoms with Gasteiger partial charge < -0.3 is 14.7 Å². The van der Waals surface area contributed by atoms with Crippen LogP contribution in [-0.2, 0) is 9.53 Å². The molecule has 1 saturated carbocycles. The van der Waals surface area contributed by atoms with Crippen molar-refractivity contribution in [3.8, 4) is 0 Å². The lowest BCUT2D eigenvalue weighted by molar-refractivity contribution is -0.148. The Morgan fingerprint density at radius 2 is 2.06 bits per heavy atom. The third kappa shape index (κ3) is 3.17. The van der Waals surface area contributed by atoms with Crippen LogP contribution in [0.2, 0.25) is 0 Å². The minimum absolute atomic E-state index is 0.0627. The Bertz CT molecular complexity index is 302. The molecule has 2 rings (SSSR count). The Morgan fingerprint density at radius 3 is 2.67 bits per heavy atom. The first-order valence-electron chi connectivity index (χ1n) is 6.41. The van der Waals surface area contributed by atoms with Gasteiger partial charge in [0.15, 0.2) is 0 Å². The first-order valence-corrected chi connectivity index (χ1v) is 6.41. The zero-order chi connectivity index (χ0) is 13.2. The summed E-state index contributed by atoms with van der Waals surface area (Å²) in [4.78, 5) is 13.8. The van der Waals surface area contributed by atoms with E-state index in [9.17, 15) is 13.6 Å². The maximum Gasteiger partial charge on any atom is 0.248 e. The first-order chi connectivity index (χ1) is 8.52. The monoisotopic (exact) mass is 263 g/mol. The van der Waals surface area contributed by atoms with E-state index in [1.807, 2.05) is 0 Å². The zero-order valence-corrected chi connectivity index (χ0v) is 10.3. The number of aliphatic hydroxyl groups excluding tert-OH is 1. The van der Waals surface area contributed by atoms with Crippen molar-refractivity contribution >= 4 is 5.91 Å². The van der Waals surface area contributed by atoms with Crippen molar-refractivity contribution in [1.29, 1.82) is 0 Å². The smallest absolute Gasteiger partial charge is 0.248 e. The number of carbonyl (C=O) groups excluding carboxylic acids is 1. The number of ether oxygens (including phenoxy) is 1. The van der Waals surface area contributed by atoms with Gasteiger partial charge >= 0.3 is 0 Å². The van der Waals surface area contributed by atoms with Gasteiger partial charge in [-0.3, -0.25) is 4.79 Å². The molecule has 1 saturated heterocycles. The van der Waals surface area contributed by atoms with Gasteiger partial charge in [0, 0.05) is 31.8 Å². The van der Waals surface area contributed by atoms with E-state index >= 15 is 0 Å². The number of nitrogens with zero attached hydrogens (tertiary/aromatic N) is 1. The Labute approximate surface area is 105 Å². The van der Waals surface area contributed by atoms with E-state index in [0.717, 1.165) is 0 Å².